The van der Waals surface area contributed by atoms with Crippen LogP contribution in [0.25, 0.3) is 0 Å². The number of aromatic nitrogens is 2. The Labute approximate surface area is 124 Å². The van der Waals surface area contributed by atoms with Crippen molar-refractivity contribution in [2.24, 2.45) is 0 Å². The highest BCUT2D eigenvalue weighted by Gasteiger charge is 2.21. The topological polar surface area (TPSA) is 37.8 Å². The molecule has 0 saturated heterocycles. The van der Waals surface area contributed by atoms with Crippen LogP contribution >= 0.6 is 27.5 Å². The van der Waals surface area contributed by atoms with Crippen LogP contribution in [-0.4, -0.2) is 16.5 Å². The third kappa shape index (κ3) is 3.11. The third-order valence-electron chi connectivity index (χ3n) is 2.63. The van der Waals surface area contributed by atoms with Gasteiger partial charge in [0.05, 0.1) is 11.1 Å². The maximum atomic E-state index is 14.3. The highest BCUT2D eigenvalue weighted by atomic mass is 79.9. The van der Waals surface area contributed by atoms with E-state index in [9.17, 15) is 4.39 Å². The molecule has 2 rings (SSSR count). The first-order valence-corrected chi connectivity index (χ1v) is 6.96. The molecule has 0 aliphatic carbocycles. The first kappa shape index (κ1) is 14.4. The summed E-state index contributed by atoms with van der Waals surface area (Å²) in [6.07, 6.45) is 3.26. The minimum Gasteiger partial charge on any atom is -0.304 e. The van der Waals surface area contributed by atoms with E-state index in [2.05, 4.69) is 31.2 Å². The standard InChI is InChI=1S/C13H12BrClFN3/c1-2-17-12(13-18-6-3-7-19-13)8-4-5-9(14)10(15)11(8)16/h3-7,12,17H,2H2,1H3. The zero-order valence-corrected chi connectivity index (χ0v) is 12.5. The quantitative estimate of drug-likeness (QED) is 0.859. The van der Waals surface area contributed by atoms with E-state index >= 15 is 0 Å². The van der Waals surface area contributed by atoms with E-state index in [1.807, 2.05) is 6.92 Å². The van der Waals surface area contributed by atoms with Crippen LogP contribution in [0, 0.1) is 5.82 Å². The predicted octanol–water partition coefficient (Wildman–Crippen LogP) is 3.73. The molecule has 1 heterocycles. The SMILES string of the molecule is CCNC(c1ncccn1)c1ccc(Br)c(Cl)c1F. The van der Waals surface area contributed by atoms with E-state index in [4.69, 9.17) is 11.6 Å². The van der Waals surface area contributed by atoms with Gasteiger partial charge in [-0.15, -0.1) is 0 Å². The minimum absolute atomic E-state index is 0.0661. The zero-order valence-electron chi connectivity index (χ0n) is 10.2. The molecule has 1 unspecified atom stereocenters. The van der Waals surface area contributed by atoms with Gasteiger partial charge in [-0.1, -0.05) is 24.6 Å². The van der Waals surface area contributed by atoms with Gasteiger partial charge in [-0.2, -0.15) is 0 Å². The summed E-state index contributed by atoms with van der Waals surface area (Å²) in [4.78, 5) is 8.34. The van der Waals surface area contributed by atoms with Gasteiger partial charge in [0.25, 0.3) is 0 Å². The first-order chi connectivity index (χ1) is 9.15. The predicted molar refractivity (Wildman–Crippen MR) is 76.7 cm³/mol. The summed E-state index contributed by atoms with van der Waals surface area (Å²) < 4.78 is 14.8. The molecule has 6 heteroatoms. The van der Waals surface area contributed by atoms with Crippen LogP contribution in [0.3, 0.4) is 0 Å². The molecule has 0 bridgehead atoms. The first-order valence-electron chi connectivity index (χ1n) is 5.78. The van der Waals surface area contributed by atoms with E-state index in [0.29, 0.717) is 22.4 Å². The van der Waals surface area contributed by atoms with Crippen molar-refractivity contribution in [3.05, 3.63) is 57.3 Å². The summed E-state index contributed by atoms with van der Waals surface area (Å²) in [6.45, 7) is 2.60. The van der Waals surface area contributed by atoms with Crippen molar-refractivity contribution in [1.29, 1.82) is 0 Å². The number of hydrogen-bond donors (Lipinski definition) is 1. The number of rotatable bonds is 4. The molecule has 0 radical (unpaired) electrons. The lowest BCUT2D eigenvalue weighted by molar-refractivity contribution is 0.542. The lowest BCUT2D eigenvalue weighted by atomic mass is 10.1. The van der Waals surface area contributed by atoms with Crippen molar-refractivity contribution in [3.63, 3.8) is 0 Å². The molecule has 1 atom stereocenters. The molecule has 1 N–H and O–H groups in total. The Bertz CT molecular complexity index is 565. The lowest BCUT2D eigenvalue weighted by Gasteiger charge is -2.18. The second kappa shape index (κ2) is 6.41. The molecule has 0 saturated carbocycles. The van der Waals surface area contributed by atoms with Crippen molar-refractivity contribution in [1.82, 2.24) is 15.3 Å². The van der Waals surface area contributed by atoms with Crippen molar-refractivity contribution in [3.8, 4) is 0 Å². The Hall–Kier alpha value is -1.04. The molecule has 0 fully saturated rings. The Morgan fingerprint density at radius 3 is 2.68 bits per heavy atom. The molecular weight excluding hydrogens is 333 g/mol. The van der Waals surface area contributed by atoms with Crippen molar-refractivity contribution in [2.75, 3.05) is 6.54 Å². The van der Waals surface area contributed by atoms with Gasteiger partial charge in [-0.05, 0) is 34.6 Å². The molecule has 19 heavy (non-hydrogen) atoms. The fourth-order valence-electron chi connectivity index (χ4n) is 1.77. The largest absolute Gasteiger partial charge is 0.304 e. The highest BCUT2D eigenvalue weighted by molar-refractivity contribution is 9.10. The van der Waals surface area contributed by atoms with E-state index in [1.165, 1.54) is 0 Å². The van der Waals surface area contributed by atoms with Crippen LogP contribution in [0.2, 0.25) is 5.02 Å². The number of nitrogens with zero attached hydrogens (tertiary/aromatic N) is 2. The van der Waals surface area contributed by atoms with Crippen LogP contribution in [0.15, 0.2) is 35.1 Å². The number of halogens is 3. The number of nitrogens with one attached hydrogen (secondary N) is 1. The van der Waals surface area contributed by atoms with E-state index in [0.717, 1.165) is 0 Å². The molecular formula is C13H12BrClFN3. The van der Waals surface area contributed by atoms with Gasteiger partial charge in [-0.3, -0.25) is 0 Å². The highest BCUT2D eigenvalue weighted by Crippen LogP contribution is 2.31. The van der Waals surface area contributed by atoms with Gasteiger partial charge >= 0.3 is 0 Å². The number of benzene rings is 1. The van der Waals surface area contributed by atoms with Crippen LogP contribution in [0.1, 0.15) is 24.4 Å². The van der Waals surface area contributed by atoms with Gasteiger partial charge < -0.3 is 5.32 Å². The molecule has 1 aromatic heterocycles. The van der Waals surface area contributed by atoms with Gasteiger partial charge in [0.15, 0.2) is 0 Å². The van der Waals surface area contributed by atoms with Gasteiger partial charge in [0.2, 0.25) is 0 Å². The van der Waals surface area contributed by atoms with E-state index < -0.39 is 11.9 Å². The Morgan fingerprint density at radius 2 is 2.05 bits per heavy atom. The smallest absolute Gasteiger partial charge is 0.149 e. The van der Waals surface area contributed by atoms with Crippen LogP contribution in [-0.2, 0) is 0 Å². The van der Waals surface area contributed by atoms with Crippen LogP contribution < -0.4 is 5.32 Å². The molecule has 0 spiro atoms. The normalized spacial score (nSPS) is 12.4. The zero-order chi connectivity index (χ0) is 13.8. The average Bonchev–Trinajstić information content (AvgIpc) is 2.44. The molecule has 100 valence electrons. The maximum Gasteiger partial charge on any atom is 0.149 e. The summed E-state index contributed by atoms with van der Waals surface area (Å²) in [7, 11) is 0. The third-order valence-corrected chi connectivity index (χ3v) is 3.89. The second-order valence-corrected chi connectivity index (χ2v) is 5.09. The number of hydrogen-bond acceptors (Lipinski definition) is 3. The fourth-order valence-corrected chi connectivity index (χ4v) is 2.25. The summed E-state index contributed by atoms with van der Waals surface area (Å²) in [6, 6.07) is 4.69. The molecule has 0 amide bonds. The Kier molecular flexibility index (Phi) is 4.85. The summed E-state index contributed by atoms with van der Waals surface area (Å²) >= 11 is 9.12. The Balaban J connectivity index is 2.49. The average molecular weight is 345 g/mol. The van der Waals surface area contributed by atoms with Crippen LogP contribution in [0.5, 0.6) is 0 Å². The van der Waals surface area contributed by atoms with Crippen molar-refractivity contribution in [2.45, 2.75) is 13.0 Å². The summed E-state index contributed by atoms with van der Waals surface area (Å²) in [5, 5.41) is 3.23. The van der Waals surface area contributed by atoms with E-state index in [-0.39, 0.29) is 5.02 Å². The molecule has 1 aromatic carbocycles. The summed E-state index contributed by atoms with van der Waals surface area (Å²) in [5.74, 6) is 0.0519. The lowest BCUT2D eigenvalue weighted by Crippen LogP contribution is -2.25. The fraction of sp³-hybridized carbons (Fsp3) is 0.231. The van der Waals surface area contributed by atoms with Crippen molar-refractivity contribution >= 4 is 27.5 Å². The molecule has 3 nitrogen and oxygen atoms in total. The van der Waals surface area contributed by atoms with Gasteiger partial charge in [0, 0.05) is 22.4 Å². The second-order valence-electron chi connectivity index (χ2n) is 3.86. The van der Waals surface area contributed by atoms with Crippen molar-refractivity contribution < 1.29 is 4.39 Å². The minimum atomic E-state index is -0.463. The monoisotopic (exact) mass is 343 g/mol. The summed E-state index contributed by atoms with van der Waals surface area (Å²) in [5.41, 5.74) is 0.432. The van der Waals surface area contributed by atoms with Gasteiger partial charge in [0.1, 0.15) is 11.6 Å². The molecule has 2 aromatic rings. The maximum absolute atomic E-state index is 14.3. The molecule has 0 aliphatic heterocycles. The van der Waals surface area contributed by atoms with Crippen LogP contribution in [0.4, 0.5) is 4.39 Å². The Morgan fingerprint density at radius 1 is 1.37 bits per heavy atom. The molecule has 0 aliphatic rings. The van der Waals surface area contributed by atoms with Gasteiger partial charge in [-0.25, -0.2) is 14.4 Å². The van der Waals surface area contributed by atoms with E-state index in [1.54, 1.807) is 30.6 Å².